The SMILES string of the molecule is CC.COc1ccc2c(c1F)OC(F)(F)c1c-2ccc(-c2ccc(C)cc2)c1F. The molecule has 29 heavy (non-hydrogen) atoms. The van der Waals surface area contributed by atoms with Crippen LogP contribution in [0, 0.1) is 18.6 Å². The van der Waals surface area contributed by atoms with Gasteiger partial charge in [0.2, 0.25) is 5.82 Å². The van der Waals surface area contributed by atoms with E-state index in [4.69, 9.17) is 4.74 Å². The zero-order valence-corrected chi connectivity index (χ0v) is 16.4. The molecule has 4 rings (SSSR count). The average molecular weight is 404 g/mol. The molecule has 0 spiro atoms. The van der Waals surface area contributed by atoms with Crippen LogP contribution in [-0.4, -0.2) is 7.11 Å². The molecule has 0 unspecified atom stereocenters. The van der Waals surface area contributed by atoms with Gasteiger partial charge in [-0.1, -0.05) is 55.8 Å². The highest BCUT2D eigenvalue weighted by atomic mass is 19.3. The quantitative estimate of drug-likeness (QED) is 0.425. The number of benzene rings is 3. The van der Waals surface area contributed by atoms with Gasteiger partial charge >= 0.3 is 6.11 Å². The van der Waals surface area contributed by atoms with Crippen molar-refractivity contribution in [1.82, 2.24) is 0 Å². The number of hydrogen-bond acceptors (Lipinski definition) is 2. The zero-order chi connectivity index (χ0) is 21.3. The molecule has 0 bridgehead atoms. The van der Waals surface area contributed by atoms with E-state index in [1.165, 1.54) is 31.4 Å². The van der Waals surface area contributed by atoms with E-state index in [2.05, 4.69) is 4.74 Å². The van der Waals surface area contributed by atoms with Crippen LogP contribution in [0.15, 0.2) is 48.5 Å². The molecule has 3 aromatic carbocycles. The number of aryl methyl sites for hydroxylation is 1. The topological polar surface area (TPSA) is 18.5 Å². The molecule has 1 heterocycles. The Morgan fingerprint density at radius 2 is 1.38 bits per heavy atom. The fourth-order valence-electron chi connectivity index (χ4n) is 3.23. The predicted octanol–water partition coefficient (Wildman–Crippen LogP) is 7.08. The van der Waals surface area contributed by atoms with E-state index in [1.807, 2.05) is 20.8 Å². The summed E-state index contributed by atoms with van der Waals surface area (Å²) < 4.78 is 68.2. The van der Waals surface area contributed by atoms with E-state index in [0.29, 0.717) is 5.56 Å². The second-order valence-corrected chi connectivity index (χ2v) is 6.29. The lowest BCUT2D eigenvalue weighted by Gasteiger charge is -2.29. The smallest absolute Gasteiger partial charge is 0.430 e. The van der Waals surface area contributed by atoms with E-state index in [-0.39, 0.29) is 22.4 Å². The summed E-state index contributed by atoms with van der Waals surface area (Å²) in [7, 11) is 1.22. The first-order chi connectivity index (χ1) is 13.8. The summed E-state index contributed by atoms with van der Waals surface area (Å²) >= 11 is 0. The van der Waals surface area contributed by atoms with Gasteiger partial charge in [0.25, 0.3) is 0 Å². The first-order valence-corrected chi connectivity index (χ1v) is 9.17. The van der Waals surface area contributed by atoms with Crippen molar-refractivity contribution in [3.05, 3.63) is 71.3 Å². The van der Waals surface area contributed by atoms with Gasteiger partial charge in [-0.25, -0.2) is 4.39 Å². The molecule has 0 fully saturated rings. The lowest BCUT2D eigenvalue weighted by atomic mass is 9.91. The Hall–Kier alpha value is -3.02. The standard InChI is InChI=1S/C21H14F4O2.C2H6/c1-11-3-5-12(6-4-11)13-7-8-14-15-9-10-16(26-2)19(23)20(15)27-21(24,25)17(14)18(13)22;1-2/h3-10H,1-2H3;1-2H3. The summed E-state index contributed by atoms with van der Waals surface area (Å²) in [5, 5.41) is 0. The van der Waals surface area contributed by atoms with Crippen LogP contribution in [0.1, 0.15) is 25.0 Å². The largest absolute Gasteiger partial charge is 0.494 e. The molecule has 3 aromatic rings. The highest BCUT2D eigenvalue weighted by molar-refractivity contribution is 5.80. The zero-order valence-electron chi connectivity index (χ0n) is 16.4. The van der Waals surface area contributed by atoms with Crippen molar-refractivity contribution in [2.24, 2.45) is 0 Å². The van der Waals surface area contributed by atoms with E-state index in [0.717, 1.165) is 5.56 Å². The third-order valence-electron chi connectivity index (χ3n) is 4.60. The lowest BCUT2D eigenvalue weighted by molar-refractivity contribution is -0.190. The first kappa shape index (κ1) is 20.7. The molecule has 0 aliphatic carbocycles. The number of methoxy groups -OCH3 is 1. The van der Waals surface area contributed by atoms with Gasteiger partial charge in [0.15, 0.2) is 11.5 Å². The van der Waals surface area contributed by atoms with Crippen LogP contribution in [0.25, 0.3) is 22.3 Å². The van der Waals surface area contributed by atoms with E-state index in [9.17, 15) is 13.2 Å². The molecule has 1 aliphatic rings. The molecule has 0 aromatic heterocycles. The molecule has 152 valence electrons. The second kappa shape index (κ2) is 7.78. The molecular formula is C23H20F4O2. The van der Waals surface area contributed by atoms with Gasteiger partial charge in [-0.3, -0.25) is 0 Å². The maximum Gasteiger partial charge on any atom is 0.430 e. The van der Waals surface area contributed by atoms with Gasteiger partial charge in [-0.15, -0.1) is 0 Å². The van der Waals surface area contributed by atoms with Gasteiger partial charge in [-0.05, 0) is 24.6 Å². The molecule has 0 saturated carbocycles. The van der Waals surface area contributed by atoms with Gasteiger partial charge in [-0.2, -0.15) is 13.2 Å². The summed E-state index contributed by atoms with van der Waals surface area (Å²) in [4.78, 5) is 0. The van der Waals surface area contributed by atoms with E-state index >= 15 is 4.39 Å². The maximum atomic E-state index is 15.1. The summed E-state index contributed by atoms with van der Waals surface area (Å²) in [5.74, 6) is -3.04. The van der Waals surface area contributed by atoms with Crippen molar-refractivity contribution in [2.75, 3.05) is 7.11 Å². The van der Waals surface area contributed by atoms with Gasteiger partial charge < -0.3 is 9.47 Å². The fourth-order valence-corrected chi connectivity index (χ4v) is 3.23. The monoisotopic (exact) mass is 404 g/mol. The average Bonchev–Trinajstić information content (AvgIpc) is 2.71. The second-order valence-electron chi connectivity index (χ2n) is 6.29. The molecule has 0 N–H and O–H groups in total. The van der Waals surface area contributed by atoms with Crippen LogP contribution in [0.5, 0.6) is 11.5 Å². The molecule has 0 radical (unpaired) electrons. The van der Waals surface area contributed by atoms with Crippen LogP contribution < -0.4 is 9.47 Å². The van der Waals surface area contributed by atoms with Crippen molar-refractivity contribution < 1.29 is 27.0 Å². The van der Waals surface area contributed by atoms with Crippen LogP contribution in [-0.2, 0) is 6.11 Å². The first-order valence-electron chi connectivity index (χ1n) is 9.17. The normalized spacial score (nSPS) is 13.4. The number of halogens is 4. The Bertz CT molecular complexity index is 1040. The van der Waals surface area contributed by atoms with Crippen LogP contribution in [0.2, 0.25) is 0 Å². The third-order valence-corrected chi connectivity index (χ3v) is 4.60. The van der Waals surface area contributed by atoms with Crippen LogP contribution in [0.4, 0.5) is 17.6 Å². The van der Waals surface area contributed by atoms with Gasteiger partial charge in [0.05, 0.1) is 7.11 Å². The summed E-state index contributed by atoms with van der Waals surface area (Å²) in [5.41, 5.74) is 0.472. The fraction of sp³-hybridized carbons (Fsp3) is 0.217. The van der Waals surface area contributed by atoms with Crippen molar-refractivity contribution in [3.8, 4) is 33.8 Å². The van der Waals surface area contributed by atoms with Crippen molar-refractivity contribution in [1.29, 1.82) is 0 Å². The Kier molecular flexibility index (Phi) is 5.55. The minimum Gasteiger partial charge on any atom is -0.494 e. The highest BCUT2D eigenvalue weighted by Gasteiger charge is 2.46. The molecule has 6 heteroatoms. The Balaban J connectivity index is 0.00000117. The third kappa shape index (κ3) is 3.43. The molecule has 0 saturated heterocycles. The molecule has 0 atom stereocenters. The Labute approximate surface area is 166 Å². The Morgan fingerprint density at radius 1 is 0.793 bits per heavy atom. The lowest BCUT2D eigenvalue weighted by Crippen LogP contribution is -2.29. The minimum atomic E-state index is -4.03. The number of fused-ring (bicyclic) bond motifs is 3. The number of ether oxygens (including phenoxy) is 2. The summed E-state index contributed by atoms with van der Waals surface area (Å²) in [6, 6.07) is 12.3. The van der Waals surface area contributed by atoms with Crippen molar-refractivity contribution >= 4 is 0 Å². The van der Waals surface area contributed by atoms with Crippen LogP contribution >= 0.6 is 0 Å². The van der Waals surface area contributed by atoms with Crippen LogP contribution in [0.3, 0.4) is 0 Å². The molecular weight excluding hydrogens is 384 g/mol. The molecule has 2 nitrogen and oxygen atoms in total. The van der Waals surface area contributed by atoms with Crippen molar-refractivity contribution in [3.63, 3.8) is 0 Å². The summed E-state index contributed by atoms with van der Waals surface area (Å²) in [6.45, 7) is 5.87. The number of rotatable bonds is 2. The van der Waals surface area contributed by atoms with Crippen molar-refractivity contribution in [2.45, 2.75) is 26.9 Å². The number of hydrogen-bond donors (Lipinski definition) is 0. The van der Waals surface area contributed by atoms with Gasteiger partial charge in [0.1, 0.15) is 11.4 Å². The minimum absolute atomic E-state index is 0.0226. The highest BCUT2D eigenvalue weighted by Crippen LogP contribution is 2.51. The van der Waals surface area contributed by atoms with E-state index in [1.54, 1.807) is 24.3 Å². The Morgan fingerprint density at radius 3 is 2.00 bits per heavy atom. The predicted molar refractivity (Wildman–Crippen MR) is 104 cm³/mol. The molecule has 0 amide bonds. The number of alkyl halides is 2. The molecule has 1 aliphatic heterocycles. The maximum absolute atomic E-state index is 15.1. The van der Waals surface area contributed by atoms with Gasteiger partial charge in [0, 0.05) is 16.7 Å². The van der Waals surface area contributed by atoms with E-state index < -0.39 is 29.1 Å². The summed E-state index contributed by atoms with van der Waals surface area (Å²) in [6.07, 6.45) is -4.03.